The Balaban J connectivity index is 2.06. The van der Waals surface area contributed by atoms with Crippen LogP contribution in [0.1, 0.15) is 57.4 Å². The first-order chi connectivity index (χ1) is 12.9. The number of nitrogens with zero attached hydrogens (tertiary/aromatic N) is 1. The van der Waals surface area contributed by atoms with Crippen LogP contribution in [-0.4, -0.2) is 24.1 Å². The van der Waals surface area contributed by atoms with Gasteiger partial charge >= 0.3 is 5.97 Å². The average molecular weight is 408 g/mol. The standard InChI is InChI=1S/C21H23Cl2NO3/c1-3-4-10-27-21(26)18-12(2)24-16-6-5-7-17(25)20(16)19(18)13-8-9-14(22)15(23)11-13/h8-9,11,18-19H,3-7,10H2,1-2H3/t18?,19-/m1/s1. The zero-order valence-corrected chi connectivity index (χ0v) is 17.1. The molecule has 0 saturated carbocycles. The smallest absolute Gasteiger partial charge is 0.315 e. The number of esters is 1. The molecule has 0 saturated heterocycles. The molecule has 2 aliphatic rings. The number of aliphatic imine (C=N–C) groups is 1. The topological polar surface area (TPSA) is 55.7 Å². The van der Waals surface area contributed by atoms with Gasteiger partial charge in [-0.3, -0.25) is 14.6 Å². The molecule has 0 radical (unpaired) electrons. The van der Waals surface area contributed by atoms with Crippen molar-refractivity contribution in [2.45, 2.75) is 51.9 Å². The highest BCUT2D eigenvalue weighted by atomic mass is 35.5. The molecule has 0 spiro atoms. The van der Waals surface area contributed by atoms with Crippen molar-refractivity contribution in [3.8, 4) is 0 Å². The van der Waals surface area contributed by atoms with E-state index >= 15 is 0 Å². The number of unbranched alkanes of at least 4 members (excludes halogenated alkanes) is 1. The summed E-state index contributed by atoms with van der Waals surface area (Å²) in [6.07, 6.45) is 3.75. The minimum absolute atomic E-state index is 0.0509. The Morgan fingerprint density at radius 2 is 2.04 bits per heavy atom. The molecule has 0 bridgehead atoms. The van der Waals surface area contributed by atoms with Crippen molar-refractivity contribution in [2.24, 2.45) is 10.9 Å². The Kier molecular flexibility index (Phi) is 6.38. The fourth-order valence-electron chi connectivity index (χ4n) is 3.78. The Labute approximate surface area is 169 Å². The van der Waals surface area contributed by atoms with E-state index < -0.39 is 11.8 Å². The first-order valence-electron chi connectivity index (χ1n) is 9.37. The fourth-order valence-corrected chi connectivity index (χ4v) is 4.09. The van der Waals surface area contributed by atoms with Crippen LogP contribution in [0.25, 0.3) is 0 Å². The van der Waals surface area contributed by atoms with Crippen LogP contribution in [0.15, 0.2) is 34.5 Å². The van der Waals surface area contributed by atoms with Gasteiger partial charge in [0.05, 0.1) is 16.7 Å². The third-order valence-electron chi connectivity index (χ3n) is 5.13. The monoisotopic (exact) mass is 407 g/mol. The zero-order valence-electron chi connectivity index (χ0n) is 15.6. The van der Waals surface area contributed by atoms with Gasteiger partial charge in [0, 0.05) is 29.3 Å². The Morgan fingerprint density at radius 1 is 1.26 bits per heavy atom. The number of benzene rings is 1. The minimum Gasteiger partial charge on any atom is -0.465 e. The molecule has 6 heteroatoms. The zero-order chi connectivity index (χ0) is 19.6. The molecule has 1 heterocycles. The van der Waals surface area contributed by atoms with E-state index in [1.165, 1.54) is 0 Å². The lowest BCUT2D eigenvalue weighted by atomic mass is 9.72. The maximum atomic E-state index is 12.9. The number of carbonyl (C=O) groups excluding carboxylic acids is 2. The number of hydrogen-bond donors (Lipinski definition) is 0. The molecule has 1 aromatic carbocycles. The maximum absolute atomic E-state index is 12.9. The molecule has 1 aliphatic carbocycles. The van der Waals surface area contributed by atoms with Gasteiger partial charge < -0.3 is 4.74 Å². The predicted octanol–water partition coefficient (Wildman–Crippen LogP) is 5.52. The lowest BCUT2D eigenvalue weighted by Crippen LogP contribution is -2.37. The SMILES string of the molecule is CCCCOC(=O)C1C(C)=NC2=C(C(=O)CCC2)[C@@H]1c1ccc(Cl)c(Cl)c1. The van der Waals surface area contributed by atoms with Crippen molar-refractivity contribution in [1.29, 1.82) is 0 Å². The van der Waals surface area contributed by atoms with E-state index in [9.17, 15) is 9.59 Å². The normalized spacial score (nSPS) is 22.4. The number of ether oxygens (including phenoxy) is 1. The summed E-state index contributed by atoms with van der Waals surface area (Å²) in [5, 5.41) is 0.839. The molecule has 2 atom stereocenters. The van der Waals surface area contributed by atoms with Gasteiger partial charge in [-0.05, 0) is 43.9 Å². The van der Waals surface area contributed by atoms with Crippen LogP contribution in [0.3, 0.4) is 0 Å². The summed E-state index contributed by atoms with van der Waals surface area (Å²) >= 11 is 12.3. The highest BCUT2D eigenvalue weighted by Gasteiger charge is 2.43. The summed E-state index contributed by atoms with van der Waals surface area (Å²) in [5.74, 6) is -1.35. The van der Waals surface area contributed by atoms with Gasteiger partial charge in [-0.2, -0.15) is 0 Å². The molecular weight excluding hydrogens is 385 g/mol. The van der Waals surface area contributed by atoms with E-state index in [0.29, 0.717) is 34.4 Å². The Bertz CT molecular complexity index is 829. The van der Waals surface area contributed by atoms with Gasteiger partial charge in [-0.1, -0.05) is 42.6 Å². The number of rotatable bonds is 5. The quantitative estimate of drug-likeness (QED) is 0.476. The van der Waals surface area contributed by atoms with E-state index in [0.717, 1.165) is 36.9 Å². The number of hydrogen-bond acceptors (Lipinski definition) is 4. The van der Waals surface area contributed by atoms with E-state index in [1.54, 1.807) is 12.1 Å². The predicted molar refractivity (Wildman–Crippen MR) is 108 cm³/mol. The van der Waals surface area contributed by atoms with Crippen molar-refractivity contribution in [3.05, 3.63) is 45.1 Å². The van der Waals surface area contributed by atoms with E-state index in [1.807, 2.05) is 19.9 Å². The van der Waals surface area contributed by atoms with Gasteiger partial charge in [-0.15, -0.1) is 0 Å². The van der Waals surface area contributed by atoms with Crippen molar-refractivity contribution >= 4 is 40.7 Å². The van der Waals surface area contributed by atoms with Crippen molar-refractivity contribution in [3.63, 3.8) is 0 Å². The van der Waals surface area contributed by atoms with Crippen LogP contribution in [0, 0.1) is 5.92 Å². The van der Waals surface area contributed by atoms with Gasteiger partial charge in [0.2, 0.25) is 0 Å². The summed E-state index contributed by atoms with van der Waals surface area (Å²) in [7, 11) is 0. The van der Waals surface area contributed by atoms with E-state index in [4.69, 9.17) is 27.9 Å². The van der Waals surface area contributed by atoms with Gasteiger partial charge in [0.15, 0.2) is 5.78 Å². The largest absolute Gasteiger partial charge is 0.465 e. The molecule has 4 nitrogen and oxygen atoms in total. The van der Waals surface area contributed by atoms with E-state index in [2.05, 4.69) is 4.99 Å². The second kappa shape index (κ2) is 8.57. The van der Waals surface area contributed by atoms with Crippen LogP contribution in [0.4, 0.5) is 0 Å². The lowest BCUT2D eigenvalue weighted by Gasteiger charge is -2.34. The van der Waals surface area contributed by atoms with Crippen LogP contribution < -0.4 is 0 Å². The Hall–Kier alpha value is -1.65. The first kappa shape index (κ1) is 20.1. The Morgan fingerprint density at radius 3 is 2.74 bits per heavy atom. The van der Waals surface area contributed by atoms with Crippen molar-refractivity contribution in [2.75, 3.05) is 6.61 Å². The summed E-state index contributed by atoms with van der Waals surface area (Å²) in [6, 6.07) is 5.27. The van der Waals surface area contributed by atoms with E-state index in [-0.39, 0.29) is 11.8 Å². The summed E-state index contributed by atoms with van der Waals surface area (Å²) in [5.41, 5.74) is 2.89. The second-order valence-corrected chi connectivity index (χ2v) is 7.85. The first-order valence-corrected chi connectivity index (χ1v) is 10.1. The number of carbonyl (C=O) groups is 2. The molecular formula is C21H23Cl2NO3. The molecule has 0 amide bonds. The summed E-state index contributed by atoms with van der Waals surface area (Å²) < 4.78 is 5.50. The van der Waals surface area contributed by atoms with Crippen molar-refractivity contribution in [1.82, 2.24) is 0 Å². The molecule has 1 unspecified atom stereocenters. The molecule has 27 heavy (non-hydrogen) atoms. The summed E-state index contributed by atoms with van der Waals surface area (Å²) in [6.45, 7) is 4.24. The number of halogens is 2. The highest BCUT2D eigenvalue weighted by molar-refractivity contribution is 6.42. The molecule has 0 N–H and O–H groups in total. The molecule has 3 rings (SSSR count). The van der Waals surface area contributed by atoms with Gasteiger partial charge in [-0.25, -0.2) is 0 Å². The van der Waals surface area contributed by atoms with Crippen molar-refractivity contribution < 1.29 is 14.3 Å². The molecule has 144 valence electrons. The minimum atomic E-state index is -0.625. The number of allylic oxidation sites excluding steroid dienone is 2. The maximum Gasteiger partial charge on any atom is 0.315 e. The number of ketones is 1. The fraction of sp³-hybridized carbons (Fsp3) is 0.476. The average Bonchev–Trinajstić information content (AvgIpc) is 2.63. The molecule has 1 aliphatic heterocycles. The molecule has 0 fully saturated rings. The molecule has 0 aromatic heterocycles. The van der Waals surface area contributed by atoms with Gasteiger partial charge in [0.25, 0.3) is 0 Å². The highest BCUT2D eigenvalue weighted by Crippen LogP contribution is 2.44. The third-order valence-corrected chi connectivity index (χ3v) is 5.87. The van der Waals surface area contributed by atoms with Crippen LogP contribution in [0.5, 0.6) is 0 Å². The number of Topliss-reactive ketones (excluding diaryl/α,β-unsaturated/α-hetero) is 1. The van der Waals surface area contributed by atoms with Gasteiger partial charge in [0.1, 0.15) is 5.92 Å². The van der Waals surface area contributed by atoms with Crippen LogP contribution in [0.2, 0.25) is 10.0 Å². The lowest BCUT2D eigenvalue weighted by molar-refractivity contribution is -0.146. The van der Waals surface area contributed by atoms with Crippen LogP contribution >= 0.6 is 23.2 Å². The second-order valence-electron chi connectivity index (χ2n) is 7.04. The summed E-state index contributed by atoms with van der Waals surface area (Å²) in [4.78, 5) is 30.3. The third kappa shape index (κ3) is 4.12. The van der Waals surface area contributed by atoms with Crippen LogP contribution in [-0.2, 0) is 14.3 Å². The molecule has 1 aromatic rings.